The van der Waals surface area contributed by atoms with Gasteiger partial charge in [0.1, 0.15) is 12.4 Å². The van der Waals surface area contributed by atoms with Crippen LogP contribution in [0.5, 0.6) is 5.75 Å². The molecule has 2 N–H and O–H groups in total. The summed E-state index contributed by atoms with van der Waals surface area (Å²) in [7, 11) is 0. The van der Waals surface area contributed by atoms with Gasteiger partial charge in [-0.25, -0.2) is 0 Å². The van der Waals surface area contributed by atoms with Crippen LogP contribution in [0.3, 0.4) is 0 Å². The molecule has 1 atom stereocenters. The molecule has 0 radical (unpaired) electrons. The molecular weight excluding hydrogens is 312 g/mol. The molecule has 0 saturated carbocycles. The number of hydrogen-bond donors (Lipinski definition) is 2. The van der Waals surface area contributed by atoms with Gasteiger partial charge < -0.3 is 15.4 Å². The number of carbonyl (C=O) groups is 1. The molecule has 23 heavy (non-hydrogen) atoms. The van der Waals surface area contributed by atoms with E-state index in [9.17, 15) is 4.79 Å². The summed E-state index contributed by atoms with van der Waals surface area (Å²) in [6.45, 7) is 7.46. The maximum Gasteiger partial charge on any atom is 0.220 e. The minimum Gasteiger partial charge on any atom is -0.491 e. The van der Waals surface area contributed by atoms with Crippen molar-refractivity contribution in [1.82, 2.24) is 10.6 Å². The molecular formula is C18H29ClN2O2. The van der Waals surface area contributed by atoms with Crippen LogP contribution in [0.2, 0.25) is 0 Å². The number of amides is 1. The number of benzene rings is 1. The van der Waals surface area contributed by atoms with E-state index in [4.69, 9.17) is 4.74 Å². The highest BCUT2D eigenvalue weighted by atomic mass is 35.5. The number of hydrogen-bond acceptors (Lipinski definition) is 3. The van der Waals surface area contributed by atoms with Crippen LogP contribution in [-0.2, 0) is 4.79 Å². The van der Waals surface area contributed by atoms with Gasteiger partial charge in [0.05, 0.1) is 6.54 Å². The molecule has 0 aliphatic carbocycles. The molecule has 1 aliphatic rings. The minimum absolute atomic E-state index is 0. The van der Waals surface area contributed by atoms with Crippen molar-refractivity contribution in [3.8, 4) is 5.75 Å². The topological polar surface area (TPSA) is 50.4 Å². The second-order valence-electron chi connectivity index (χ2n) is 6.23. The van der Waals surface area contributed by atoms with E-state index in [1.807, 2.05) is 31.2 Å². The van der Waals surface area contributed by atoms with Crippen LogP contribution >= 0.6 is 12.4 Å². The summed E-state index contributed by atoms with van der Waals surface area (Å²) in [6, 6.07) is 7.93. The number of nitrogens with one attached hydrogen (secondary N) is 2. The van der Waals surface area contributed by atoms with E-state index >= 15 is 0 Å². The maximum absolute atomic E-state index is 12.0. The zero-order valence-electron chi connectivity index (χ0n) is 14.1. The smallest absolute Gasteiger partial charge is 0.220 e. The second kappa shape index (κ2) is 10.5. The molecule has 1 aliphatic heterocycles. The number of rotatable bonds is 7. The lowest BCUT2D eigenvalue weighted by atomic mass is 9.84. The average molecular weight is 341 g/mol. The van der Waals surface area contributed by atoms with E-state index < -0.39 is 0 Å². The Hall–Kier alpha value is -1.26. The SMILES string of the molecule is Cc1ccccc1OCCNC(=O)CC(C)C1CCNCC1.Cl. The Morgan fingerprint density at radius 1 is 1.35 bits per heavy atom. The first-order valence-corrected chi connectivity index (χ1v) is 8.32. The summed E-state index contributed by atoms with van der Waals surface area (Å²) in [4.78, 5) is 12.0. The Balaban J connectivity index is 0.00000264. The molecule has 1 heterocycles. The van der Waals surface area contributed by atoms with Crippen molar-refractivity contribution in [3.05, 3.63) is 29.8 Å². The highest BCUT2D eigenvalue weighted by molar-refractivity contribution is 5.85. The van der Waals surface area contributed by atoms with Crippen molar-refractivity contribution in [1.29, 1.82) is 0 Å². The van der Waals surface area contributed by atoms with Crippen molar-refractivity contribution >= 4 is 18.3 Å². The maximum atomic E-state index is 12.0. The second-order valence-corrected chi connectivity index (χ2v) is 6.23. The van der Waals surface area contributed by atoms with Gasteiger partial charge in [-0.2, -0.15) is 0 Å². The molecule has 130 valence electrons. The van der Waals surface area contributed by atoms with Crippen LogP contribution in [-0.4, -0.2) is 32.1 Å². The highest BCUT2D eigenvalue weighted by Gasteiger charge is 2.21. The fourth-order valence-corrected chi connectivity index (χ4v) is 3.01. The first-order valence-electron chi connectivity index (χ1n) is 8.32. The number of halogens is 1. The Morgan fingerprint density at radius 2 is 2.04 bits per heavy atom. The summed E-state index contributed by atoms with van der Waals surface area (Å²) >= 11 is 0. The van der Waals surface area contributed by atoms with Crippen LogP contribution in [0.25, 0.3) is 0 Å². The fraction of sp³-hybridized carbons (Fsp3) is 0.611. The van der Waals surface area contributed by atoms with Crippen molar-refractivity contribution in [2.45, 2.75) is 33.1 Å². The van der Waals surface area contributed by atoms with Crippen LogP contribution < -0.4 is 15.4 Å². The Bertz CT molecular complexity index is 476. The first kappa shape index (κ1) is 19.8. The quantitative estimate of drug-likeness (QED) is 0.750. The number of piperidine rings is 1. The lowest BCUT2D eigenvalue weighted by molar-refractivity contribution is -0.122. The number of para-hydroxylation sites is 1. The zero-order chi connectivity index (χ0) is 15.8. The molecule has 4 nitrogen and oxygen atoms in total. The molecule has 0 aromatic heterocycles. The summed E-state index contributed by atoms with van der Waals surface area (Å²) < 4.78 is 5.69. The number of carbonyl (C=O) groups excluding carboxylic acids is 1. The minimum atomic E-state index is 0. The Labute approximate surface area is 145 Å². The summed E-state index contributed by atoms with van der Waals surface area (Å²) in [5.41, 5.74) is 1.12. The van der Waals surface area contributed by atoms with Crippen molar-refractivity contribution in [3.63, 3.8) is 0 Å². The molecule has 1 amide bonds. The van der Waals surface area contributed by atoms with Gasteiger partial charge in [0.2, 0.25) is 5.91 Å². The van der Waals surface area contributed by atoms with Crippen molar-refractivity contribution in [2.24, 2.45) is 11.8 Å². The lowest BCUT2D eigenvalue weighted by Gasteiger charge is -2.27. The molecule has 2 rings (SSSR count). The van der Waals surface area contributed by atoms with E-state index in [1.165, 1.54) is 12.8 Å². The summed E-state index contributed by atoms with van der Waals surface area (Å²) in [5.74, 6) is 2.16. The predicted octanol–water partition coefficient (Wildman–Crippen LogP) is 2.94. The Kier molecular flexibility index (Phi) is 9.03. The van der Waals surface area contributed by atoms with Crippen molar-refractivity contribution in [2.75, 3.05) is 26.2 Å². The van der Waals surface area contributed by atoms with Gasteiger partial charge in [0, 0.05) is 6.42 Å². The monoisotopic (exact) mass is 340 g/mol. The van der Waals surface area contributed by atoms with Gasteiger partial charge in [0.25, 0.3) is 0 Å². The molecule has 0 spiro atoms. The van der Waals surface area contributed by atoms with Gasteiger partial charge >= 0.3 is 0 Å². The summed E-state index contributed by atoms with van der Waals surface area (Å²) in [5, 5.41) is 6.33. The van der Waals surface area contributed by atoms with E-state index in [2.05, 4.69) is 17.6 Å². The van der Waals surface area contributed by atoms with E-state index in [1.54, 1.807) is 0 Å². The van der Waals surface area contributed by atoms with Crippen LogP contribution in [0.4, 0.5) is 0 Å². The van der Waals surface area contributed by atoms with Gasteiger partial charge in [-0.15, -0.1) is 12.4 Å². The molecule has 5 heteroatoms. The van der Waals surface area contributed by atoms with Gasteiger partial charge in [-0.3, -0.25) is 4.79 Å². The third-order valence-electron chi connectivity index (χ3n) is 4.47. The van der Waals surface area contributed by atoms with Gasteiger partial charge in [-0.05, 0) is 56.3 Å². The first-order chi connectivity index (χ1) is 10.7. The predicted molar refractivity (Wildman–Crippen MR) is 96.3 cm³/mol. The third kappa shape index (κ3) is 6.80. The normalized spacial score (nSPS) is 16.3. The molecule has 1 aromatic rings. The van der Waals surface area contributed by atoms with Crippen LogP contribution in [0.15, 0.2) is 24.3 Å². The summed E-state index contributed by atoms with van der Waals surface area (Å²) in [6.07, 6.45) is 2.99. The highest BCUT2D eigenvalue weighted by Crippen LogP contribution is 2.24. The molecule has 1 saturated heterocycles. The van der Waals surface area contributed by atoms with E-state index in [-0.39, 0.29) is 18.3 Å². The van der Waals surface area contributed by atoms with Gasteiger partial charge in [-0.1, -0.05) is 25.1 Å². The van der Waals surface area contributed by atoms with Crippen LogP contribution in [0.1, 0.15) is 31.7 Å². The standard InChI is InChI=1S/C18H28N2O2.ClH/c1-14-5-3-4-6-17(14)22-12-11-20-18(21)13-15(2)16-7-9-19-10-8-16;/h3-6,15-16,19H,7-13H2,1-2H3,(H,20,21);1H. The third-order valence-corrected chi connectivity index (χ3v) is 4.47. The largest absolute Gasteiger partial charge is 0.491 e. The fourth-order valence-electron chi connectivity index (χ4n) is 3.01. The van der Waals surface area contributed by atoms with E-state index in [0.29, 0.717) is 31.4 Å². The lowest BCUT2D eigenvalue weighted by Crippen LogP contribution is -2.34. The molecule has 1 aromatic carbocycles. The van der Waals surface area contributed by atoms with Gasteiger partial charge in [0.15, 0.2) is 0 Å². The molecule has 1 fully saturated rings. The van der Waals surface area contributed by atoms with Crippen LogP contribution in [0, 0.1) is 18.8 Å². The average Bonchev–Trinajstić information content (AvgIpc) is 2.54. The zero-order valence-corrected chi connectivity index (χ0v) is 15.0. The molecule has 0 bridgehead atoms. The molecule has 1 unspecified atom stereocenters. The van der Waals surface area contributed by atoms with E-state index in [0.717, 1.165) is 24.4 Å². The Morgan fingerprint density at radius 3 is 2.74 bits per heavy atom. The van der Waals surface area contributed by atoms with Crippen molar-refractivity contribution < 1.29 is 9.53 Å². The number of ether oxygens (including phenoxy) is 1. The number of aryl methyl sites for hydroxylation is 1.